The van der Waals surface area contributed by atoms with E-state index in [4.69, 9.17) is 13.9 Å². The van der Waals surface area contributed by atoms with E-state index < -0.39 is 14.2 Å². The number of hydrogen-bond acceptors (Lipinski definition) is 6. The monoisotopic (exact) mass is 644 g/mol. The molecule has 2 atom stereocenters. The first-order valence-electron chi connectivity index (χ1n) is 16.5. The third-order valence-corrected chi connectivity index (χ3v) is 12.9. The summed E-state index contributed by atoms with van der Waals surface area (Å²) < 4.78 is 17.4. The number of nitrogens with one attached hydrogen (secondary N) is 2. The van der Waals surface area contributed by atoms with Gasteiger partial charge in [-0.15, -0.1) is 0 Å². The maximum absolute atomic E-state index is 13.0. The van der Waals surface area contributed by atoms with Crippen LogP contribution in [-0.2, 0) is 30.3 Å². The van der Waals surface area contributed by atoms with E-state index in [1.807, 2.05) is 13.0 Å². The van der Waals surface area contributed by atoms with Crippen molar-refractivity contribution < 1.29 is 28.3 Å². The fourth-order valence-electron chi connectivity index (χ4n) is 4.19. The summed E-state index contributed by atoms with van der Waals surface area (Å²) in [6.07, 6.45) is 2.87. The van der Waals surface area contributed by atoms with Gasteiger partial charge in [-0.2, -0.15) is 0 Å². The molecule has 0 aliphatic rings. The fourth-order valence-corrected chi connectivity index (χ4v) is 5.22. The minimum atomic E-state index is -2.13. The standard InChI is InChI=1S/C36H60N2O6Si/c1-12-42-23-20-37-33(40)18-16-30(39)14-13-21-43-22-19-34(41)38-31-26-29(25-27(2)24-28(3)35(4,5)6)15-17-32(31)44-45(10,11)36(7,8)9/h15,17,26-28H,12-14,19-25H2,1-11H3,(H,37,40)(H,38,41)/t27-,28?/m1/s1. The van der Waals surface area contributed by atoms with Crippen LogP contribution in [0.3, 0.4) is 0 Å². The van der Waals surface area contributed by atoms with Gasteiger partial charge in [-0.1, -0.05) is 61.5 Å². The zero-order valence-corrected chi connectivity index (χ0v) is 30.9. The molecule has 2 N–H and O–H groups in total. The van der Waals surface area contributed by atoms with E-state index in [0.29, 0.717) is 56.1 Å². The summed E-state index contributed by atoms with van der Waals surface area (Å²) in [6.45, 7) is 26.2. The summed E-state index contributed by atoms with van der Waals surface area (Å²) in [4.78, 5) is 36.5. The summed E-state index contributed by atoms with van der Waals surface area (Å²) in [7, 11) is -2.13. The Balaban J connectivity index is 2.71. The van der Waals surface area contributed by atoms with Crippen LogP contribution in [0.1, 0.15) is 93.6 Å². The summed E-state index contributed by atoms with van der Waals surface area (Å²) in [5.41, 5.74) is 2.14. The van der Waals surface area contributed by atoms with E-state index in [2.05, 4.69) is 103 Å². The van der Waals surface area contributed by atoms with Crippen LogP contribution in [0, 0.1) is 29.1 Å². The first-order valence-corrected chi connectivity index (χ1v) is 19.4. The maximum atomic E-state index is 13.0. The third kappa shape index (κ3) is 16.5. The Morgan fingerprint density at radius 1 is 0.933 bits per heavy atom. The number of ketones is 1. The fraction of sp³-hybridized carbons (Fsp3) is 0.694. The lowest BCUT2D eigenvalue weighted by Gasteiger charge is -2.37. The molecular weight excluding hydrogens is 584 g/mol. The van der Waals surface area contributed by atoms with Crippen LogP contribution in [0.2, 0.25) is 18.1 Å². The number of ether oxygens (including phenoxy) is 2. The molecular formula is C36H60N2O6Si. The van der Waals surface area contributed by atoms with Crippen molar-refractivity contribution in [2.75, 3.05) is 38.3 Å². The molecule has 0 spiro atoms. The second kappa shape index (κ2) is 19.1. The lowest BCUT2D eigenvalue weighted by Crippen LogP contribution is -2.44. The SMILES string of the molecule is CCOCCNC(=O)C#CC(=O)CCCOCCC(=O)Nc1cc(C[C@H](C)CC(C)C(C)(C)C)ccc1O[Si](C)(C)C(C)(C)C. The number of carbonyl (C=O) groups excluding carboxylic acids is 3. The molecule has 1 aromatic rings. The van der Waals surface area contributed by atoms with Gasteiger partial charge >= 0.3 is 0 Å². The highest BCUT2D eigenvalue weighted by Gasteiger charge is 2.39. The van der Waals surface area contributed by atoms with Crippen LogP contribution >= 0.6 is 0 Å². The zero-order chi connectivity index (χ0) is 34.3. The molecule has 0 bridgehead atoms. The van der Waals surface area contributed by atoms with Gasteiger partial charge < -0.3 is 24.5 Å². The second-order valence-electron chi connectivity index (χ2n) is 14.6. The average molecular weight is 645 g/mol. The first kappa shape index (κ1) is 40.4. The van der Waals surface area contributed by atoms with E-state index in [1.54, 1.807) is 0 Å². The van der Waals surface area contributed by atoms with Gasteiger partial charge in [0.15, 0.2) is 0 Å². The van der Waals surface area contributed by atoms with E-state index in [1.165, 1.54) is 5.56 Å². The van der Waals surface area contributed by atoms with Gasteiger partial charge in [0.25, 0.3) is 14.2 Å². The topological polar surface area (TPSA) is 103 Å². The third-order valence-electron chi connectivity index (χ3n) is 8.53. The van der Waals surface area contributed by atoms with Gasteiger partial charge in [0.2, 0.25) is 11.7 Å². The quantitative estimate of drug-likeness (QED) is 0.0760. The van der Waals surface area contributed by atoms with Gasteiger partial charge in [0, 0.05) is 32.1 Å². The van der Waals surface area contributed by atoms with Crippen LogP contribution in [-0.4, -0.2) is 58.9 Å². The number of amides is 2. The molecule has 0 fully saturated rings. The highest BCUT2D eigenvalue weighted by molar-refractivity contribution is 6.74. The highest BCUT2D eigenvalue weighted by atomic mass is 28.4. The molecule has 0 saturated carbocycles. The van der Waals surface area contributed by atoms with Gasteiger partial charge in [-0.25, -0.2) is 0 Å². The van der Waals surface area contributed by atoms with Gasteiger partial charge in [-0.05, 0) is 85.2 Å². The molecule has 1 rings (SSSR count). The van der Waals surface area contributed by atoms with E-state index in [9.17, 15) is 14.4 Å². The van der Waals surface area contributed by atoms with Crippen LogP contribution < -0.4 is 15.1 Å². The van der Waals surface area contributed by atoms with Gasteiger partial charge in [0.05, 0.1) is 25.3 Å². The van der Waals surface area contributed by atoms with Crippen molar-refractivity contribution in [3.63, 3.8) is 0 Å². The lowest BCUT2D eigenvalue weighted by atomic mass is 9.76. The predicted molar refractivity (Wildman–Crippen MR) is 186 cm³/mol. The first-order chi connectivity index (χ1) is 20.9. The number of benzene rings is 1. The second-order valence-corrected chi connectivity index (χ2v) is 19.4. The molecule has 45 heavy (non-hydrogen) atoms. The molecule has 9 heteroatoms. The molecule has 0 aliphatic carbocycles. The van der Waals surface area contributed by atoms with Crippen molar-refractivity contribution in [3.8, 4) is 17.6 Å². The molecule has 0 aromatic heterocycles. The summed E-state index contributed by atoms with van der Waals surface area (Å²) in [6, 6.07) is 6.19. The molecule has 1 unspecified atom stereocenters. The molecule has 2 amide bonds. The molecule has 8 nitrogen and oxygen atoms in total. The van der Waals surface area contributed by atoms with Crippen molar-refractivity contribution in [1.82, 2.24) is 5.32 Å². The van der Waals surface area contributed by atoms with Crippen molar-refractivity contribution >= 4 is 31.6 Å². The summed E-state index contributed by atoms with van der Waals surface area (Å²) in [5.74, 6) is 5.48. The van der Waals surface area contributed by atoms with Gasteiger partial charge in [0.1, 0.15) is 5.75 Å². The Bertz CT molecular complexity index is 1160. The zero-order valence-electron chi connectivity index (χ0n) is 29.9. The number of Topliss-reactive ketones (excluding diaryl/α,β-unsaturated/α-hetero) is 1. The molecule has 254 valence electrons. The molecule has 0 heterocycles. The minimum Gasteiger partial charge on any atom is -0.542 e. The summed E-state index contributed by atoms with van der Waals surface area (Å²) in [5, 5.41) is 5.67. The number of rotatable bonds is 18. The molecule has 1 aromatic carbocycles. The van der Waals surface area contributed by atoms with E-state index >= 15 is 0 Å². The summed E-state index contributed by atoms with van der Waals surface area (Å²) >= 11 is 0. The number of carbonyl (C=O) groups is 3. The average Bonchev–Trinajstić information content (AvgIpc) is 2.92. The van der Waals surface area contributed by atoms with Crippen LogP contribution in [0.5, 0.6) is 5.75 Å². The highest BCUT2D eigenvalue weighted by Crippen LogP contribution is 2.40. The molecule has 0 saturated heterocycles. The normalized spacial score (nSPS) is 13.3. The minimum absolute atomic E-state index is 0.0153. The largest absolute Gasteiger partial charge is 0.542 e. The van der Waals surface area contributed by atoms with Crippen molar-refractivity contribution in [2.24, 2.45) is 17.3 Å². The van der Waals surface area contributed by atoms with Crippen molar-refractivity contribution in [1.29, 1.82) is 0 Å². The molecule has 0 radical (unpaired) electrons. The Morgan fingerprint density at radius 3 is 2.24 bits per heavy atom. The van der Waals surface area contributed by atoms with Gasteiger partial charge in [-0.3, -0.25) is 14.4 Å². The molecule has 0 aliphatic heterocycles. The lowest BCUT2D eigenvalue weighted by molar-refractivity contribution is -0.117. The number of anilines is 1. The number of hydrogen-bond donors (Lipinski definition) is 2. The van der Waals surface area contributed by atoms with E-state index in [-0.39, 0.29) is 41.6 Å². The maximum Gasteiger partial charge on any atom is 0.296 e. The van der Waals surface area contributed by atoms with Crippen molar-refractivity contribution in [3.05, 3.63) is 23.8 Å². The van der Waals surface area contributed by atoms with Crippen LogP contribution in [0.4, 0.5) is 5.69 Å². The van der Waals surface area contributed by atoms with Crippen molar-refractivity contribution in [2.45, 2.75) is 113 Å². The van der Waals surface area contributed by atoms with E-state index in [0.717, 1.165) is 12.8 Å². The Labute approximate surface area is 274 Å². The predicted octanol–water partition coefficient (Wildman–Crippen LogP) is 7.17. The Kier molecular flexibility index (Phi) is 17.1. The Hall–Kier alpha value is -2.67. The Morgan fingerprint density at radius 2 is 1.62 bits per heavy atom. The van der Waals surface area contributed by atoms with Crippen LogP contribution in [0.25, 0.3) is 0 Å². The smallest absolute Gasteiger partial charge is 0.296 e. The van der Waals surface area contributed by atoms with Crippen LogP contribution in [0.15, 0.2) is 18.2 Å².